The molecular formula is C9H10O2. The van der Waals surface area contributed by atoms with Gasteiger partial charge in [-0.15, -0.1) is 0 Å². The van der Waals surface area contributed by atoms with Crippen LogP contribution >= 0.6 is 0 Å². The van der Waals surface area contributed by atoms with Crippen molar-refractivity contribution in [3.8, 4) is 0 Å². The first-order chi connectivity index (χ1) is 5.29. The maximum atomic E-state index is 11.3. The monoisotopic (exact) mass is 150 g/mol. The Morgan fingerprint density at radius 2 is 2.09 bits per heavy atom. The third kappa shape index (κ3) is 0.934. The lowest BCUT2D eigenvalue weighted by molar-refractivity contribution is -0.127. The first-order valence-electron chi connectivity index (χ1n) is 4.06. The van der Waals surface area contributed by atoms with E-state index in [1.54, 1.807) is 6.08 Å². The van der Waals surface area contributed by atoms with Gasteiger partial charge < -0.3 is 0 Å². The van der Waals surface area contributed by atoms with Crippen LogP contribution in [0.5, 0.6) is 0 Å². The van der Waals surface area contributed by atoms with E-state index in [2.05, 4.69) is 0 Å². The van der Waals surface area contributed by atoms with Crippen molar-refractivity contribution in [1.82, 2.24) is 0 Å². The molecule has 0 aromatic heterocycles. The Morgan fingerprint density at radius 1 is 1.27 bits per heavy atom. The molecule has 2 bridgehead atoms. The quantitative estimate of drug-likeness (QED) is 0.487. The molecule has 11 heavy (non-hydrogen) atoms. The predicted octanol–water partition coefficient (Wildman–Crippen LogP) is 1.25. The van der Waals surface area contributed by atoms with Crippen LogP contribution in [0.15, 0.2) is 11.6 Å². The summed E-state index contributed by atoms with van der Waals surface area (Å²) in [6.07, 6.45) is 5.05. The normalized spacial score (nSPS) is 30.2. The van der Waals surface area contributed by atoms with E-state index >= 15 is 0 Å². The second kappa shape index (κ2) is 2.29. The molecule has 1 saturated carbocycles. The first kappa shape index (κ1) is 6.77. The van der Waals surface area contributed by atoms with E-state index in [1.807, 2.05) is 0 Å². The van der Waals surface area contributed by atoms with Crippen LogP contribution in [0.1, 0.15) is 25.7 Å². The Bertz CT molecular complexity index is 250. The predicted molar refractivity (Wildman–Crippen MR) is 40.1 cm³/mol. The lowest BCUT2D eigenvalue weighted by Gasteiger charge is -2.25. The van der Waals surface area contributed by atoms with Crippen molar-refractivity contribution in [3.63, 3.8) is 0 Å². The van der Waals surface area contributed by atoms with Gasteiger partial charge in [0.15, 0.2) is 11.6 Å². The molecule has 0 aliphatic heterocycles. The molecule has 0 aromatic carbocycles. The summed E-state index contributed by atoms with van der Waals surface area (Å²) in [6, 6.07) is 0. The van der Waals surface area contributed by atoms with Gasteiger partial charge in [0.2, 0.25) is 0 Å². The summed E-state index contributed by atoms with van der Waals surface area (Å²) in [7, 11) is 0. The second-order valence-corrected chi connectivity index (χ2v) is 3.22. The van der Waals surface area contributed by atoms with Crippen molar-refractivity contribution in [1.29, 1.82) is 0 Å². The number of allylic oxidation sites excluding steroid dienone is 2. The zero-order chi connectivity index (χ0) is 7.84. The summed E-state index contributed by atoms with van der Waals surface area (Å²) in [4.78, 5) is 22.5. The molecule has 2 heteroatoms. The van der Waals surface area contributed by atoms with E-state index in [4.69, 9.17) is 0 Å². The highest BCUT2D eigenvalue weighted by atomic mass is 16.2. The van der Waals surface area contributed by atoms with Crippen molar-refractivity contribution in [2.24, 2.45) is 5.92 Å². The van der Waals surface area contributed by atoms with E-state index in [0.717, 1.165) is 19.3 Å². The number of rotatable bonds is 0. The molecule has 1 unspecified atom stereocenters. The van der Waals surface area contributed by atoms with Crippen LogP contribution in [-0.4, -0.2) is 11.6 Å². The molecule has 0 N–H and O–H groups in total. The van der Waals surface area contributed by atoms with Gasteiger partial charge in [0.1, 0.15) is 0 Å². The highest BCUT2D eigenvalue weighted by Gasteiger charge is 2.33. The summed E-state index contributed by atoms with van der Waals surface area (Å²) in [6.45, 7) is 0. The van der Waals surface area contributed by atoms with Gasteiger partial charge in [-0.1, -0.05) is 6.08 Å². The summed E-state index contributed by atoms with van der Waals surface area (Å²) in [5.74, 6) is 0.339. The summed E-state index contributed by atoms with van der Waals surface area (Å²) in [5.41, 5.74) is 0.493. The Kier molecular flexibility index (Phi) is 1.41. The van der Waals surface area contributed by atoms with E-state index < -0.39 is 0 Å². The Labute approximate surface area is 65.3 Å². The zero-order valence-corrected chi connectivity index (χ0v) is 6.30. The number of fused-ring (bicyclic) bond motifs is 2. The molecule has 0 heterocycles. The lowest BCUT2D eigenvalue weighted by Crippen LogP contribution is -2.30. The Balaban J connectivity index is 2.38. The third-order valence-corrected chi connectivity index (χ3v) is 2.52. The molecule has 0 saturated heterocycles. The van der Waals surface area contributed by atoms with Gasteiger partial charge in [0.05, 0.1) is 5.57 Å². The average molecular weight is 150 g/mol. The molecule has 0 radical (unpaired) electrons. The van der Waals surface area contributed by atoms with E-state index in [0.29, 0.717) is 12.0 Å². The second-order valence-electron chi connectivity index (χ2n) is 3.22. The van der Waals surface area contributed by atoms with Gasteiger partial charge in [0, 0.05) is 12.3 Å². The zero-order valence-electron chi connectivity index (χ0n) is 6.30. The van der Waals surface area contributed by atoms with Crippen molar-refractivity contribution >= 4 is 11.6 Å². The highest BCUT2D eigenvalue weighted by molar-refractivity contribution is 6.22. The van der Waals surface area contributed by atoms with Gasteiger partial charge in [0.25, 0.3) is 0 Å². The molecule has 58 valence electrons. The van der Waals surface area contributed by atoms with Crippen LogP contribution in [0.4, 0.5) is 0 Å². The van der Waals surface area contributed by atoms with Gasteiger partial charge in [-0.25, -0.2) is 0 Å². The van der Waals surface area contributed by atoms with E-state index in [1.165, 1.54) is 0 Å². The molecule has 0 amide bonds. The van der Waals surface area contributed by atoms with Crippen molar-refractivity contribution in [2.45, 2.75) is 25.7 Å². The molecular weight excluding hydrogens is 140 g/mol. The average Bonchev–Trinajstić information content (AvgIpc) is 1.98. The van der Waals surface area contributed by atoms with Crippen LogP contribution in [0.2, 0.25) is 0 Å². The number of Topliss-reactive ketones (excluding diaryl/α,β-unsaturated/α-hetero) is 2. The SMILES string of the molecule is O=C1CCC2CCC=C1C2=O. The number of hydrogen-bond donors (Lipinski definition) is 0. The van der Waals surface area contributed by atoms with Crippen LogP contribution in [0, 0.1) is 5.92 Å². The number of hydrogen-bond acceptors (Lipinski definition) is 2. The molecule has 0 spiro atoms. The van der Waals surface area contributed by atoms with Crippen LogP contribution < -0.4 is 0 Å². The standard InChI is InChI=1S/C9H10O2/c10-8-5-4-6-2-1-3-7(8)9(6)11/h3,6H,1-2,4-5H2. The fourth-order valence-electron chi connectivity index (χ4n) is 1.85. The molecule has 2 rings (SSSR count). The largest absolute Gasteiger partial charge is 0.294 e. The van der Waals surface area contributed by atoms with Gasteiger partial charge in [-0.3, -0.25) is 9.59 Å². The fraction of sp³-hybridized carbons (Fsp3) is 0.556. The Hall–Kier alpha value is -0.920. The van der Waals surface area contributed by atoms with Crippen LogP contribution in [-0.2, 0) is 9.59 Å². The maximum absolute atomic E-state index is 11.3. The van der Waals surface area contributed by atoms with E-state index in [-0.39, 0.29) is 17.5 Å². The minimum absolute atomic E-state index is 0.0611. The number of carbonyl (C=O) groups excluding carboxylic acids is 2. The number of ketones is 2. The molecule has 1 fully saturated rings. The van der Waals surface area contributed by atoms with Crippen molar-refractivity contribution in [2.75, 3.05) is 0 Å². The minimum atomic E-state index is 0.0611. The number of carbonyl (C=O) groups is 2. The lowest BCUT2D eigenvalue weighted by atomic mass is 9.77. The smallest absolute Gasteiger partial charge is 0.169 e. The molecule has 2 nitrogen and oxygen atoms in total. The maximum Gasteiger partial charge on any atom is 0.169 e. The summed E-state index contributed by atoms with van der Waals surface area (Å²) >= 11 is 0. The van der Waals surface area contributed by atoms with Crippen LogP contribution in [0.3, 0.4) is 0 Å². The van der Waals surface area contributed by atoms with Gasteiger partial charge in [-0.2, -0.15) is 0 Å². The topological polar surface area (TPSA) is 34.1 Å². The van der Waals surface area contributed by atoms with Crippen molar-refractivity contribution in [3.05, 3.63) is 11.6 Å². The molecule has 2 aliphatic carbocycles. The summed E-state index contributed by atoms with van der Waals surface area (Å²) < 4.78 is 0. The van der Waals surface area contributed by atoms with Gasteiger partial charge in [-0.05, 0) is 19.3 Å². The van der Waals surface area contributed by atoms with Crippen molar-refractivity contribution < 1.29 is 9.59 Å². The first-order valence-corrected chi connectivity index (χ1v) is 4.06. The summed E-state index contributed by atoms with van der Waals surface area (Å²) in [5, 5.41) is 0. The van der Waals surface area contributed by atoms with Crippen LogP contribution in [0.25, 0.3) is 0 Å². The fourth-order valence-corrected chi connectivity index (χ4v) is 1.85. The Morgan fingerprint density at radius 3 is 2.82 bits per heavy atom. The molecule has 1 atom stereocenters. The van der Waals surface area contributed by atoms with Gasteiger partial charge >= 0.3 is 0 Å². The minimum Gasteiger partial charge on any atom is -0.294 e. The third-order valence-electron chi connectivity index (χ3n) is 2.52. The molecule has 0 aromatic rings. The molecule has 2 aliphatic rings. The van der Waals surface area contributed by atoms with E-state index in [9.17, 15) is 9.59 Å². The highest BCUT2D eigenvalue weighted by Crippen LogP contribution is 2.30.